The largest absolute Gasteiger partial charge is 0.497 e. The fourth-order valence-corrected chi connectivity index (χ4v) is 4.32. The fraction of sp³-hybridized carbons (Fsp3) is 0.240. The summed E-state index contributed by atoms with van der Waals surface area (Å²) in [5, 5.41) is 9.67. The third-order valence-corrected chi connectivity index (χ3v) is 6.10. The van der Waals surface area contributed by atoms with E-state index in [9.17, 15) is 4.79 Å². The van der Waals surface area contributed by atoms with Crippen molar-refractivity contribution < 1.29 is 18.7 Å². The van der Waals surface area contributed by atoms with E-state index in [1.54, 1.807) is 26.4 Å². The van der Waals surface area contributed by atoms with Crippen molar-refractivity contribution >= 4 is 17.5 Å². The Morgan fingerprint density at radius 2 is 1.94 bits per heavy atom. The molecule has 0 unspecified atom stereocenters. The molecule has 0 saturated carbocycles. The van der Waals surface area contributed by atoms with Gasteiger partial charge in [-0.25, -0.2) is 0 Å². The molecule has 0 atom stereocenters. The van der Waals surface area contributed by atoms with Crippen LogP contribution >= 0.6 is 11.8 Å². The summed E-state index contributed by atoms with van der Waals surface area (Å²) in [5.41, 5.74) is 2.52. The lowest BCUT2D eigenvalue weighted by Crippen LogP contribution is -2.04. The number of carbonyl (C=O) groups excluding carboxylic acids is 1. The number of carbonyl (C=O) groups is 1. The molecule has 2 aromatic carbocycles. The van der Waals surface area contributed by atoms with Gasteiger partial charge in [0.1, 0.15) is 17.3 Å². The number of hydrogen-bond donors (Lipinski definition) is 0. The lowest BCUT2D eigenvalue weighted by atomic mass is 10.1. The van der Waals surface area contributed by atoms with Crippen LogP contribution in [0.3, 0.4) is 0 Å². The summed E-state index contributed by atoms with van der Waals surface area (Å²) in [5.74, 6) is 3.68. The topological polar surface area (TPSA) is 79.4 Å². The summed E-state index contributed by atoms with van der Waals surface area (Å²) in [6, 6.07) is 17.0. The zero-order valence-corrected chi connectivity index (χ0v) is 19.6. The van der Waals surface area contributed by atoms with Gasteiger partial charge in [-0.2, -0.15) is 0 Å². The zero-order chi connectivity index (χ0) is 23.2. The fourth-order valence-electron chi connectivity index (χ4n) is 3.40. The second kappa shape index (κ2) is 10.4. The van der Waals surface area contributed by atoms with E-state index in [1.165, 1.54) is 11.8 Å². The van der Waals surface area contributed by atoms with Gasteiger partial charge in [0, 0.05) is 22.4 Å². The molecule has 0 aliphatic heterocycles. The van der Waals surface area contributed by atoms with E-state index in [2.05, 4.69) is 10.2 Å². The third kappa shape index (κ3) is 5.28. The van der Waals surface area contributed by atoms with E-state index < -0.39 is 0 Å². The van der Waals surface area contributed by atoms with Gasteiger partial charge in [-0.1, -0.05) is 11.8 Å². The Bertz CT molecular complexity index is 1220. The molecule has 2 heterocycles. The van der Waals surface area contributed by atoms with E-state index in [4.69, 9.17) is 13.9 Å². The number of ketones is 1. The van der Waals surface area contributed by atoms with Crippen molar-refractivity contribution in [3.8, 4) is 22.9 Å². The lowest BCUT2D eigenvalue weighted by molar-refractivity contribution is 0.101. The molecule has 4 rings (SSSR count). The van der Waals surface area contributed by atoms with Crippen LogP contribution in [0.2, 0.25) is 0 Å². The standard InChI is InChI=1S/C25H25N3O4S/c1-4-31-23-12-9-19(17(2)29)14-20(23)16-33-25-27-26-24(18-7-10-21(30-3)11-8-18)28(25)15-22-6-5-13-32-22/h5-14H,4,15-16H2,1-3H3. The number of Topliss-reactive ketones (excluding diaryl/α,β-unsaturated/α-hetero) is 1. The Balaban J connectivity index is 1.65. The van der Waals surface area contributed by atoms with Crippen molar-refractivity contribution in [3.63, 3.8) is 0 Å². The molecule has 0 radical (unpaired) electrons. The summed E-state index contributed by atoms with van der Waals surface area (Å²) in [6.07, 6.45) is 1.65. The van der Waals surface area contributed by atoms with E-state index in [-0.39, 0.29) is 5.78 Å². The summed E-state index contributed by atoms with van der Waals surface area (Å²) in [7, 11) is 1.64. The highest BCUT2D eigenvalue weighted by Gasteiger charge is 2.17. The monoisotopic (exact) mass is 463 g/mol. The van der Waals surface area contributed by atoms with Gasteiger partial charge in [-0.15, -0.1) is 10.2 Å². The average molecular weight is 464 g/mol. The summed E-state index contributed by atoms with van der Waals surface area (Å²) < 4.78 is 18.7. The Morgan fingerprint density at radius 1 is 1.12 bits per heavy atom. The van der Waals surface area contributed by atoms with E-state index in [0.717, 1.165) is 39.4 Å². The number of nitrogens with zero attached hydrogens (tertiary/aromatic N) is 3. The molecule has 0 amide bonds. The maximum absolute atomic E-state index is 11.9. The van der Waals surface area contributed by atoms with Crippen LogP contribution in [0, 0.1) is 0 Å². The molecule has 0 aliphatic carbocycles. The molecule has 0 N–H and O–H groups in total. The van der Waals surface area contributed by atoms with E-state index in [1.807, 2.05) is 60.0 Å². The van der Waals surface area contributed by atoms with Crippen LogP contribution in [-0.2, 0) is 12.3 Å². The molecule has 8 heteroatoms. The van der Waals surface area contributed by atoms with Crippen molar-refractivity contribution in [3.05, 3.63) is 77.7 Å². The second-order valence-electron chi connectivity index (χ2n) is 7.30. The maximum Gasteiger partial charge on any atom is 0.192 e. The molecule has 170 valence electrons. The summed E-state index contributed by atoms with van der Waals surface area (Å²) >= 11 is 1.54. The molecule has 33 heavy (non-hydrogen) atoms. The number of hydrogen-bond acceptors (Lipinski definition) is 7. The van der Waals surface area contributed by atoms with Crippen molar-refractivity contribution in [1.29, 1.82) is 0 Å². The number of thioether (sulfide) groups is 1. The first-order valence-corrected chi connectivity index (χ1v) is 11.6. The Hall–Kier alpha value is -3.52. The molecule has 7 nitrogen and oxygen atoms in total. The third-order valence-electron chi connectivity index (χ3n) is 5.08. The average Bonchev–Trinajstić information content (AvgIpc) is 3.49. The molecule has 0 spiro atoms. The molecule has 2 aromatic heterocycles. The quantitative estimate of drug-likeness (QED) is 0.227. The summed E-state index contributed by atoms with van der Waals surface area (Å²) in [6.45, 7) is 4.55. The molecule has 4 aromatic rings. The van der Waals surface area contributed by atoms with E-state index in [0.29, 0.717) is 24.5 Å². The number of methoxy groups -OCH3 is 1. The van der Waals surface area contributed by atoms with Crippen LogP contribution in [0.15, 0.2) is 70.4 Å². The Kier molecular flexibility index (Phi) is 7.14. The minimum atomic E-state index is 0.0204. The SMILES string of the molecule is CCOc1ccc(C(C)=O)cc1CSc1nnc(-c2ccc(OC)cc2)n1Cc1ccco1. The number of aromatic nitrogens is 3. The molecule has 0 saturated heterocycles. The molecule has 0 bridgehead atoms. The maximum atomic E-state index is 11.9. The van der Waals surface area contributed by atoms with Crippen LogP contribution in [0.4, 0.5) is 0 Å². The highest BCUT2D eigenvalue weighted by molar-refractivity contribution is 7.98. The number of ether oxygens (including phenoxy) is 2. The Morgan fingerprint density at radius 3 is 2.61 bits per heavy atom. The van der Waals surface area contributed by atoms with Gasteiger partial charge >= 0.3 is 0 Å². The van der Waals surface area contributed by atoms with Gasteiger partial charge in [0.2, 0.25) is 0 Å². The van der Waals surface area contributed by atoms with E-state index >= 15 is 0 Å². The first-order valence-electron chi connectivity index (χ1n) is 10.6. The highest BCUT2D eigenvalue weighted by atomic mass is 32.2. The first-order chi connectivity index (χ1) is 16.1. The van der Waals surface area contributed by atoms with Gasteiger partial charge in [-0.05, 0) is 68.4 Å². The molecule has 0 aliphatic rings. The minimum Gasteiger partial charge on any atom is -0.497 e. The predicted molar refractivity (Wildman–Crippen MR) is 127 cm³/mol. The van der Waals surface area contributed by atoms with Crippen molar-refractivity contribution in [1.82, 2.24) is 14.8 Å². The van der Waals surface area contributed by atoms with Gasteiger partial charge in [-0.3, -0.25) is 9.36 Å². The highest BCUT2D eigenvalue weighted by Crippen LogP contribution is 2.31. The number of benzene rings is 2. The molecular formula is C25H25N3O4S. The van der Waals surface area contributed by atoms with Crippen LogP contribution in [0.5, 0.6) is 11.5 Å². The molecule has 0 fully saturated rings. The van der Waals surface area contributed by atoms with Crippen molar-refractivity contribution in [2.45, 2.75) is 31.3 Å². The van der Waals surface area contributed by atoms with Crippen molar-refractivity contribution in [2.24, 2.45) is 0 Å². The Labute approximate surface area is 196 Å². The van der Waals surface area contributed by atoms with Crippen LogP contribution in [0.1, 0.15) is 35.5 Å². The van der Waals surface area contributed by atoms with Gasteiger partial charge in [0.15, 0.2) is 16.8 Å². The zero-order valence-electron chi connectivity index (χ0n) is 18.8. The van der Waals surface area contributed by atoms with Gasteiger partial charge in [0.05, 0.1) is 26.5 Å². The van der Waals surface area contributed by atoms with Crippen molar-refractivity contribution in [2.75, 3.05) is 13.7 Å². The number of rotatable bonds is 10. The summed E-state index contributed by atoms with van der Waals surface area (Å²) in [4.78, 5) is 11.9. The predicted octanol–water partition coefficient (Wildman–Crippen LogP) is 5.49. The molecular weight excluding hydrogens is 438 g/mol. The van der Waals surface area contributed by atoms with Gasteiger partial charge < -0.3 is 13.9 Å². The lowest BCUT2D eigenvalue weighted by Gasteiger charge is -2.12. The second-order valence-corrected chi connectivity index (χ2v) is 8.24. The van der Waals surface area contributed by atoms with Crippen LogP contribution in [-0.4, -0.2) is 34.3 Å². The normalized spacial score (nSPS) is 10.9. The smallest absolute Gasteiger partial charge is 0.192 e. The van der Waals surface area contributed by atoms with Crippen LogP contribution < -0.4 is 9.47 Å². The minimum absolute atomic E-state index is 0.0204. The van der Waals surface area contributed by atoms with Crippen LogP contribution in [0.25, 0.3) is 11.4 Å². The first kappa shape index (κ1) is 22.7. The van der Waals surface area contributed by atoms with Gasteiger partial charge in [0.25, 0.3) is 0 Å². The number of furan rings is 1.